The van der Waals surface area contributed by atoms with Crippen molar-refractivity contribution < 1.29 is 0 Å². The van der Waals surface area contributed by atoms with Crippen molar-refractivity contribution in [3.63, 3.8) is 0 Å². The number of halogens is 1. The molecule has 2 N–H and O–H groups in total. The highest BCUT2D eigenvalue weighted by atomic mass is 79.9. The monoisotopic (exact) mass is 514 g/mol. The molecular weight excluding hydrogens is 484 g/mol. The van der Waals surface area contributed by atoms with E-state index in [1.54, 1.807) is 23.7 Å². The zero-order valence-corrected chi connectivity index (χ0v) is 21.1. The molecule has 10 heteroatoms. The van der Waals surface area contributed by atoms with E-state index in [1.807, 2.05) is 24.2 Å². The van der Waals surface area contributed by atoms with Gasteiger partial charge in [0.1, 0.15) is 11.0 Å². The van der Waals surface area contributed by atoms with Gasteiger partial charge < -0.3 is 5.32 Å². The molecule has 4 atom stereocenters. The number of hydrazine groups is 2. The Bertz CT molecular complexity index is 1120. The summed E-state index contributed by atoms with van der Waals surface area (Å²) in [5, 5.41) is 16.2. The largest absolute Gasteiger partial charge is 0.380 e. The Morgan fingerprint density at radius 2 is 2.00 bits per heavy atom. The number of anilines is 1. The van der Waals surface area contributed by atoms with Crippen molar-refractivity contribution in [2.45, 2.75) is 52.7 Å². The lowest BCUT2D eigenvalue weighted by Crippen LogP contribution is -2.58. The molecule has 1 aliphatic heterocycles. The van der Waals surface area contributed by atoms with Crippen LogP contribution in [0.5, 0.6) is 0 Å². The van der Waals surface area contributed by atoms with Gasteiger partial charge in [0.25, 0.3) is 5.56 Å². The number of hydrazone groups is 1. The third-order valence-corrected chi connectivity index (χ3v) is 8.80. The smallest absolute Gasteiger partial charge is 0.283 e. The van der Waals surface area contributed by atoms with E-state index in [9.17, 15) is 4.79 Å². The van der Waals surface area contributed by atoms with Crippen molar-refractivity contribution in [2.75, 3.05) is 12.4 Å². The fourth-order valence-electron chi connectivity index (χ4n) is 5.74. The van der Waals surface area contributed by atoms with Crippen LogP contribution in [-0.2, 0) is 13.1 Å². The molecule has 3 heterocycles. The van der Waals surface area contributed by atoms with E-state index in [-0.39, 0.29) is 12.1 Å². The summed E-state index contributed by atoms with van der Waals surface area (Å²) >= 11 is 3.53. The summed E-state index contributed by atoms with van der Waals surface area (Å²) in [6.45, 7) is 8.00. The minimum absolute atomic E-state index is 0.171. The van der Waals surface area contributed by atoms with Crippen molar-refractivity contribution in [2.24, 2.45) is 28.3 Å². The van der Waals surface area contributed by atoms with E-state index in [0.29, 0.717) is 34.2 Å². The first-order chi connectivity index (χ1) is 15.8. The number of amidine groups is 1. The predicted molar refractivity (Wildman–Crippen MR) is 131 cm³/mol. The Balaban J connectivity index is 1.30. The van der Waals surface area contributed by atoms with E-state index in [1.165, 1.54) is 11.1 Å². The predicted octanol–water partition coefficient (Wildman–Crippen LogP) is 3.06. The minimum atomic E-state index is -0.171. The summed E-state index contributed by atoms with van der Waals surface area (Å²) in [6.07, 6.45) is 7.75. The summed E-state index contributed by atoms with van der Waals surface area (Å²) < 4.78 is 1.96. The van der Waals surface area contributed by atoms with Crippen molar-refractivity contribution in [3.8, 4) is 0 Å². The van der Waals surface area contributed by atoms with Gasteiger partial charge in [-0.3, -0.25) is 14.8 Å². The van der Waals surface area contributed by atoms with E-state index in [4.69, 9.17) is 0 Å². The van der Waals surface area contributed by atoms with Crippen molar-refractivity contribution in [1.29, 1.82) is 0 Å². The molecule has 2 aromatic rings. The summed E-state index contributed by atoms with van der Waals surface area (Å²) in [5.41, 5.74) is 5.07. The second-order valence-electron chi connectivity index (χ2n) is 10.1. The van der Waals surface area contributed by atoms with Gasteiger partial charge in [0.2, 0.25) is 0 Å². The zero-order valence-electron chi connectivity index (χ0n) is 19.5. The Labute approximate surface area is 202 Å². The molecule has 6 rings (SSSR count). The first kappa shape index (κ1) is 22.3. The molecule has 33 heavy (non-hydrogen) atoms. The molecule has 9 nitrogen and oxygen atoms in total. The van der Waals surface area contributed by atoms with Crippen LogP contribution in [-0.4, -0.2) is 43.8 Å². The molecule has 3 saturated carbocycles. The normalized spacial score (nSPS) is 28.2. The lowest BCUT2D eigenvalue weighted by Gasteiger charge is -2.62. The lowest BCUT2D eigenvalue weighted by molar-refractivity contribution is -0.105. The maximum Gasteiger partial charge on any atom is 0.283 e. The molecule has 3 aliphatic carbocycles. The summed E-state index contributed by atoms with van der Waals surface area (Å²) in [4.78, 5) is 17.2. The van der Waals surface area contributed by atoms with E-state index in [0.717, 1.165) is 29.5 Å². The van der Waals surface area contributed by atoms with E-state index >= 15 is 0 Å². The Morgan fingerprint density at radius 1 is 1.24 bits per heavy atom. The third kappa shape index (κ3) is 3.93. The highest BCUT2D eigenvalue weighted by Crippen LogP contribution is 2.61. The van der Waals surface area contributed by atoms with Crippen molar-refractivity contribution in [3.05, 3.63) is 51.1 Å². The fraction of sp³-hybridized carbons (Fsp3) is 0.565. The standard InChI is InChI=1S/C23H31BrN8O/c1-14-17-9-16(23(17,2)3)10-18(14)27-19-11-26-31(22(33)21(19)24)13-20-28-29-30(4)32(20)12-15-5-7-25-8-6-15/h5-8,11,14,16-18,27,29H,9-10,12-13H2,1-4H3/t14-,16+,17-,18-/m1/s1. The van der Waals surface area contributed by atoms with Crippen molar-refractivity contribution >= 4 is 27.5 Å². The molecule has 2 aromatic heterocycles. The number of aromatic nitrogens is 3. The van der Waals surface area contributed by atoms with Crippen LogP contribution in [0.25, 0.3) is 0 Å². The molecule has 3 fully saturated rings. The lowest BCUT2D eigenvalue weighted by atomic mass is 9.45. The van der Waals surface area contributed by atoms with Crippen LogP contribution in [0.4, 0.5) is 5.69 Å². The number of hydrogen-bond acceptors (Lipinski definition) is 8. The van der Waals surface area contributed by atoms with Gasteiger partial charge in [0.15, 0.2) is 5.84 Å². The van der Waals surface area contributed by atoms with Gasteiger partial charge >= 0.3 is 0 Å². The topological polar surface area (TPSA) is 90.7 Å². The van der Waals surface area contributed by atoms with Crippen LogP contribution in [0.1, 0.15) is 39.2 Å². The second kappa shape index (κ2) is 8.39. The molecule has 176 valence electrons. The number of nitrogens with zero attached hydrogens (tertiary/aromatic N) is 6. The Morgan fingerprint density at radius 3 is 2.70 bits per heavy atom. The van der Waals surface area contributed by atoms with Gasteiger partial charge in [0.05, 0.1) is 18.4 Å². The first-order valence-electron chi connectivity index (χ1n) is 11.5. The number of fused-ring (bicyclic) bond motifs is 2. The quantitative estimate of drug-likeness (QED) is 0.611. The van der Waals surface area contributed by atoms with Gasteiger partial charge in [0, 0.05) is 25.5 Å². The highest BCUT2D eigenvalue weighted by molar-refractivity contribution is 9.10. The zero-order chi connectivity index (χ0) is 23.3. The fourth-order valence-corrected chi connectivity index (χ4v) is 6.16. The molecule has 2 bridgehead atoms. The maximum atomic E-state index is 13.1. The molecule has 4 aliphatic rings. The number of pyridine rings is 1. The van der Waals surface area contributed by atoms with Gasteiger partial charge in [-0.05, 0) is 69.6 Å². The van der Waals surface area contributed by atoms with E-state index < -0.39 is 0 Å². The molecule has 0 unspecified atom stereocenters. The number of hydrogen-bond donors (Lipinski definition) is 2. The molecule has 0 amide bonds. The Kier molecular flexibility index (Phi) is 5.68. The minimum Gasteiger partial charge on any atom is -0.380 e. The second-order valence-corrected chi connectivity index (χ2v) is 10.9. The van der Waals surface area contributed by atoms with Crippen molar-refractivity contribution in [1.82, 2.24) is 30.4 Å². The maximum absolute atomic E-state index is 13.1. The number of nitrogens with one attached hydrogen (secondary N) is 2. The molecule has 0 saturated heterocycles. The average Bonchev–Trinajstić information content (AvgIpc) is 3.14. The average molecular weight is 515 g/mol. The third-order valence-electron chi connectivity index (χ3n) is 8.04. The number of rotatable bonds is 6. The van der Waals surface area contributed by atoms with E-state index in [2.05, 4.69) is 62.7 Å². The summed E-state index contributed by atoms with van der Waals surface area (Å²) in [7, 11) is 1.88. The summed E-state index contributed by atoms with van der Waals surface area (Å²) in [6, 6.07) is 4.29. The summed E-state index contributed by atoms with van der Waals surface area (Å²) in [5.74, 6) is 2.76. The van der Waals surface area contributed by atoms with Crippen LogP contribution in [0.3, 0.4) is 0 Å². The van der Waals surface area contributed by atoms with Gasteiger partial charge in [-0.2, -0.15) is 5.10 Å². The Hall–Kier alpha value is -2.46. The SMILES string of the molecule is C[C@@H]1[C@H]2C[C@@H](C[C@H]1Nc1cnn(CC3=NNN(C)N3Cc3ccncc3)c(=O)c1Br)C2(C)C. The van der Waals surface area contributed by atoms with Crippen LogP contribution < -0.4 is 16.4 Å². The first-order valence-corrected chi connectivity index (χ1v) is 12.3. The van der Waals surface area contributed by atoms with Crippen LogP contribution in [0, 0.1) is 23.2 Å². The molecule has 0 aromatic carbocycles. The molecule has 0 spiro atoms. The van der Waals surface area contributed by atoms with Gasteiger partial charge in [-0.25, -0.2) is 10.2 Å². The van der Waals surface area contributed by atoms with Gasteiger partial charge in [-0.1, -0.05) is 20.8 Å². The van der Waals surface area contributed by atoms with Gasteiger partial charge in [-0.15, -0.1) is 10.2 Å². The van der Waals surface area contributed by atoms with Crippen LogP contribution >= 0.6 is 15.9 Å². The molecular formula is C23H31BrN8O. The highest BCUT2D eigenvalue weighted by Gasteiger charge is 2.56. The van der Waals surface area contributed by atoms with Crippen LogP contribution in [0.2, 0.25) is 0 Å². The van der Waals surface area contributed by atoms with Crippen LogP contribution in [0.15, 0.2) is 45.1 Å². The molecule has 0 radical (unpaired) electrons.